The first kappa shape index (κ1) is 23.1. The van der Waals surface area contributed by atoms with Crippen LogP contribution in [0.4, 0.5) is 0 Å². The standard InChI is InChI=1S/C20H29N5O5S2/c1-3-23(4-2)32(29,30)24-14-12-22(13-15-24)20(26)17-9-7-11-25(17)19-16-8-5-6-10-18(16)31(27,28)21-19/h5-6,8,10,17H,3-4,7,9,11-15H2,1-2H3/t17-/m0/s1. The Kier molecular flexibility index (Phi) is 6.31. The normalized spacial score (nSPS) is 23.5. The van der Waals surface area contributed by atoms with Crippen molar-refractivity contribution in [1.82, 2.24) is 18.4 Å². The van der Waals surface area contributed by atoms with E-state index in [0.717, 1.165) is 6.42 Å². The maximum Gasteiger partial charge on any atom is 0.285 e. The van der Waals surface area contributed by atoms with Crippen molar-refractivity contribution in [3.63, 3.8) is 0 Å². The van der Waals surface area contributed by atoms with Crippen LogP contribution >= 0.6 is 0 Å². The van der Waals surface area contributed by atoms with Crippen molar-refractivity contribution in [1.29, 1.82) is 0 Å². The van der Waals surface area contributed by atoms with Gasteiger partial charge in [-0.15, -0.1) is 4.40 Å². The minimum atomic E-state index is -3.76. The molecule has 1 amide bonds. The zero-order chi connectivity index (χ0) is 23.1. The number of amidine groups is 1. The van der Waals surface area contributed by atoms with Gasteiger partial charge in [0, 0.05) is 51.4 Å². The van der Waals surface area contributed by atoms with Gasteiger partial charge in [-0.1, -0.05) is 26.0 Å². The van der Waals surface area contributed by atoms with Crippen LogP contribution in [0.2, 0.25) is 0 Å². The molecule has 0 N–H and O–H groups in total. The number of amides is 1. The summed E-state index contributed by atoms with van der Waals surface area (Å²) >= 11 is 0. The van der Waals surface area contributed by atoms with Gasteiger partial charge in [0.25, 0.3) is 20.2 Å². The second-order valence-electron chi connectivity index (χ2n) is 8.05. The molecule has 1 aromatic rings. The molecule has 1 aromatic carbocycles. The first-order valence-electron chi connectivity index (χ1n) is 11.0. The minimum Gasteiger partial charge on any atom is -0.343 e. The SMILES string of the molecule is CCN(CC)S(=O)(=O)N1CCN(C(=O)[C@@H]2CCCN2C2=NS(=O)(=O)c3ccccc32)CC1. The Labute approximate surface area is 189 Å². The van der Waals surface area contributed by atoms with Gasteiger partial charge in [-0.2, -0.15) is 25.4 Å². The van der Waals surface area contributed by atoms with Gasteiger partial charge in [0.2, 0.25) is 5.91 Å². The Morgan fingerprint density at radius 1 is 1.09 bits per heavy atom. The van der Waals surface area contributed by atoms with Crippen molar-refractivity contribution >= 4 is 32.0 Å². The van der Waals surface area contributed by atoms with Gasteiger partial charge < -0.3 is 9.80 Å². The van der Waals surface area contributed by atoms with Crippen LogP contribution in [0.3, 0.4) is 0 Å². The fraction of sp³-hybridized carbons (Fsp3) is 0.600. The second-order valence-corrected chi connectivity index (χ2v) is 11.6. The summed E-state index contributed by atoms with van der Waals surface area (Å²) in [4.78, 5) is 17.0. The molecule has 1 atom stereocenters. The van der Waals surface area contributed by atoms with Crippen LogP contribution in [0.15, 0.2) is 33.6 Å². The van der Waals surface area contributed by atoms with Gasteiger partial charge >= 0.3 is 0 Å². The van der Waals surface area contributed by atoms with Crippen molar-refractivity contribution in [2.75, 3.05) is 45.8 Å². The monoisotopic (exact) mass is 483 g/mol. The average molecular weight is 484 g/mol. The maximum absolute atomic E-state index is 13.3. The number of piperazine rings is 1. The van der Waals surface area contributed by atoms with Gasteiger partial charge in [-0.25, -0.2) is 0 Å². The van der Waals surface area contributed by atoms with Gasteiger partial charge in [-0.05, 0) is 25.0 Å². The number of likely N-dealkylation sites (tertiary alicyclic amines) is 1. The zero-order valence-electron chi connectivity index (χ0n) is 18.3. The van der Waals surface area contributed by atoms with E-state index < -0.39 is 26.3 Å². The Morgan fingerprint density at radius 3 is 2.41 bits per heavy atom. The molecule has 12 heteroatoms. The van der Waals surface area contributed by atoms with E-state index in [-0.39, 0.29) is 23.9 Å². The maximum atomic E-state index is 13.3. The third kappa shape index (κ3) is 3.93. The Bertz CT molecular complexity index is 1120. The molecule has 0 unspecified atom stereocenters. The van der Waals surface area contributed by atoms with E-state index in [1.807, 2.05) is 0 Å². The van der Waals surface area contributed by atoms with Crippen molar-refractivity contribution in [2.24, 2.45) is 4.40 Å². The number of sulfonamides is 1. The smallest absolute Gasteiger partial charge is 0.285 e. The van der Waals surface area contributed by atoms with Crippen LogP contribution in [-0.2, 0) is 25.0 Å². The van der Waals surface area contributed by atoms with Crippen LogP contribution in [0.5, 0.6) is 0 Å². The Balaban J connectivity index is 1.48. The molecular weight excluding hydrogens is 454 g/mol. The molecule has 10 nitrogen and oxygen atoms in total. The van der Waals surface area contributed by atoms with Gasteiger partial charge in [0.15, 0.2) is 5.84 Å². The predicted molar refractivity (Wildman–Crippen MR) is 120 cm³/mol. The molecule has 0 spiro atoms. The van der Waals surface area contributed by atoms with E-state index in [9.17, 15) is 21.6 Å². The van der Waals surface area contributed by atoms with Crippen LogP contribution in [0.25, 0.3) is 0 Å². The first-order valence-corrected chi connectivity index (χ1v) is 13.8. The van der Waals surface area contributed by atoms with Crippen LogP contribution in [0, 0.1) is 0 Å². The number of carbonyl (C=O) groups is 1. The fourth-order valence-corrected chi connectivity index (χ4v) is 7.46. The zero-order valence-corrected chi connectivity index (χ0v) is 20.0. The highest BCUT2D eigenvalue weighted by molar-refractivity contribution is 7.90. The number of nitrogens with zero attached hydrogens (tertiary/aromatic N) is 5. The molecule has 2 saturated heterocycles. The highest BCUT2D eigenvalue weighted by atomic mass is 32.2. The lowest BCUT2D eigenvalue weighted by molar-refractivity contribution is -0.136. The van der Waals surface area contributed by atoms with Crippen molar-refractivity contribution in [3.05, 3.63) is 29.8 Å². The number of hydrogen-bond donors (Lipinski definition) is 0. The van der Waals surface area contributed by atoms with E-state index >= 15 is 0 Å². The summed E-state index contributed by atoms with van der Waals surface area (Å²) in [5, 5.41) is 0. The van der Waals surface area contributed by atoms with Crippen LogP contribution < -0.4 is 0 Å². The molecule has 0 aliphatic carbocycles. The summed E-state index contributed by atoms with van der Waals surface area (Å²) in [7, 11) is -7.29. The second kappa shape index (κ2) is 8.73. The van der Waals surface area contributed by atoms with Crippen molar-refractivity contribution in [3.8, 4) is 0 Å². The first-order chi connectivity index (χ1) is 15.2. The van der Waals surface area contributed by atoms with E-state index in [0.29, 0.717) is 50.5 Å². The van der Waals surface area contributed by atoms with Crippen LogP contribution in [-0.4, -0.2) is 98.8 Å². The lowest BCUT2D eigenvalue weighted by Gasteiger charge is -2.38. The van der Waals surface area contributed by atoms with Crippen LogP contribution in [0.1, 0.15) is 32.3 Å². The molecule has 0 aromatic heterocycles. The number of rotatable bonds is 5. The molecule has 3 aliphatic rings. The van der Waals surface area contributed by atoms with Gasteiger partial charge in [-0.3, -0.25) is 4.79 Å². The third-order valence-electron chi connectivity index (χ3n) is 6.33. The number of benzene rings is 1. The van der Waals surface area contributed by atoms with E-state index in [1.165, 1.54) is 14.7 Å². The average Bonchev–Trinajstić information content (AvgIpc) is 3.37. The molecule has 3 aliphatic heterocycles. The summed E-state index contributed by atoms with van der Waals surface area (Å²) in [5.74, 6) is 0.228. The number of fused-ring (bicyclic) bond motifs is 1. The summed E-state index contributed by atoms with van der Waals surface area (Å²) in [6.07, 6.45) is 1.37. The third-order valence-corrected chi connectivity index (χ3v) is 9.84. The number of carbonyl (C=O) groups excluding carboxylic acids is 1. The summed E-state index contributed by atoms with van der Waals surface area (Å²) in [5.41, 5.74) is 0.530. The minimum absolute atomic E-state index is 0.105. The molecule has 2 fully saturated rings. The largest absolute Gasteiger partial charge is 0.343 e. The van der Waals surface area contributed by atoms with E-state index in [4.69, 9.17) is 0 Å². The molecule has 3 heterocycles. The van der Waals surface area contributed by atoms with Crippen molar-refractivity contribution in [2.45, 2.75) is 37.6 Å². The highest BCUT2D eigenvalue weighted by Gasteiger charge is 2.41. The molecule has 0 saturated carbocycles. The topological polar surface area (TPSA) is 111 Å². The Morgan fingerprint density at radius 2 is 1.75 bits per heavy atom. The molecule has 0 radical (unpaired) electrons. The van der Waals surface area contributed by atoms with E-state index in [2.05, 4.69) is 4.40 Å². The highest BCUT2D eigenvalue weighted by Crippen LogP contribution is 2.31. The molecule has 0 bridgehead atoms. The quantitative estimate of drug-likeness (QED) is 0.597. The molecular formula is C20H29N5O5S2. The molecule has 32 heavy (non-hydrogen) atoms. The predicted octanol–water partition coefficient (Wildman–Crippen LogP) is 0.331. The summed E-state index contributed by atoms with van der Waals surface area (Å²) < 4.78 is 57.2. The lowest BCUT2D eigenvalue weighted by Crippen LogP contribution is -2.57. The Hall–Kier alpha value is -2.02. The fourth-order valence-electron chi connectivity index (χ4n) is 4.64. The lowest BCUT2D eigenvalue weighted by atomic mass is 10.1. The summed E-state index contributed by atoms with van der Waals surface area (Å²) in [6, 6.07) is 6.17. The van der Waals surface area contributed by atoms with Gasteiger partial charge in [0.05, 0.1) is 0 Å². The number of hydrogen-bond acceptors (Lipinski definition) is 6. The summed E-state index contributed by atoms with van der Waals surface area (Å²) in [6.45, 7) is 6.08. The molecule has 176 valence electrons. The van der Waals surface area contributed by atoms with Gasteiger partial charge in [0.1, 0.15) is 10.9 Å². The molecule has 4 rings (SSSR count). The van der Waals surface area contributed by atoms with E-state index in [1.54, 1.807) is 41.8 Å². The van der Waals surface area contributed by atoms with Crippen molar-refractivity contribution < 1.29 is 21.6 Å².